The average molecular weight is 150 g/mol. The Bertz CT molecular complexity index is 111. The van der Waals surface area contributed by atoms with E-state index in [9.17, 15) is 9.13 Å². The van der Waals surface area contributed by atoms with Crippen LogP contribution in [0.25, 0.3) is 0 Å². The molecule has 0 atom stereocenters. The summed E-state index contributed by atoms with van der Waals surface area (Å²) in [6.07, 6.45) is 2.95. The minimum atomic E-state index is -2.62. The molecule has 0 rings (SSSR count). The van der Waals surface area contributed by atoms with Crippen LogP contribution in [0.15, 0.2) is 0 Å². The SMILES string of the molecule is CCCCCOP(=O)=O. The van der Waals surface area contributed by atoms with Crippen LogP contribution in [0.5, 0.6) is 0 Å². The van der Waals surface area contributed by atoms with Gasteiger partial charge in [-0.15, -0.1) is 0 Å². The van der Waals surface area contributed by atoms with Crippen LogP contribution in [0.1, 0.15) is 26.2 Å². The molecule has 0 fully saturated rings. The number of hydrogen-bond donors (Lipinski definition) is 0. The van der Waals surface area contributed by atoms with Crippen LogP contribution >= 0.6 is 7.91 Å². The van der Waals surface area contributed by atoms with Crippen molar-refractivity contribution in [2.45, 2.75) is 26.2 Å². The molecule has 54 valence electrons. The molecule has 0 saturated carbocycles. The second kappa shape index (κ2) is 5.99. The highest BCUT2D eigenvalue weighted by Gasteiger charge is 1.89. The Hall–Kier alpha value is -0.140. The van der Waals surface area contributed by atoms with Gasteiger partial charge in [-0.2, -0.15) is 0 Å². The van der Waals surface area contributed by atoms with Gasteiger partial charge in [-0.3, -0.25) is 4.52 Å². The molecule has 0 aliphatic heterocycles. The molecule has 0 aromatic heterocycles. The van der Waals surface area contributed by atoms with Crippen molar-refractivity contribution in [1.82, 2.24) is 0 Å². The van der Waals surface area contributed by atoms with Crippen LogP contribution in [-0.4, -0.2) is 6.61 Å². The van der Waals surface area contributed by atoms with Crippen molar-refractivity contribution in [3.63, 3.8) is 0 Å². The molecular formula is C5H11O3P. The first-order valence-corrected chi connectivity index (χ1v) is 4.14. The van der Waals surface area contributed by atoms with E-state index < -0.39 is 7.91 Å². The smallest absolute Gasteiger partial charge is 0.271 e. The Morgan fingerprint density at radius 3 is 2.44 bits per heavy atom. The summed E-state index contributed by atoms with van der Waals surface area (Å²) in [6.45, 7) is 2.39. The lowest BCUT2D eigenvalue weighted by Crippen LogP contribution is -1.82. The Labute approximate surface area is 55.3 Å². The van der Waals surface area contributed by atoms with Gasteiger partial charge < -0.3 is 0 Å². The summed E-state index contributed by atoms with van der Waals surface area (Å²) in [5.74, 6) is 0. The second-order valence-electron chi connectivity index (χ2n) is 1.76. The number of unbranched alkanes of at least 4 members (excludes halogenated alkanes) is 2. The van der Waals surface area contributed by atoms with Gasteiger partial charge >= 0.3 is 7.91 Å². The highest BCUT2D eigenvalue weighted by atomic mass is 31.1. The van der Waals surface area contributed by atoms with Crippen molar-refractivity contribution in [2.75, 3.05) is 6.61 Å². The van der Waals surface area contributed by atoms with Crippen LogP contribution < -0.4 is 0 Å². The molecule has 0 aliphatic carbocycles. The maximum absolute atomic E-state index is 9.78. The Balaban J connectivity index is 2.92. The summed E-state index contributed by atoms with van der Waals surface area (Å²) >= 11 is 0. The van der Waals surface area contributed by atoms with Crippen molar-refractivity contribution in [3.8, 4) is 0 Å². The standard InChI is InChI=1S/C5H11O3P/c1-2-3-4-5-8-9(6)7/h2-5H2,1H3. The van der Waals surface area contributed by atoms with E-state index in [4.69, 9.17) is 0 Å². The van der Waals surface area contributed by atoms with Crippen molar-refractivity contribution >= 4 is 7.91 Å². The molecular weight excluding hydrogens is 139 g/mol. The van der Waals surface area contributed by atoms with E-state index in [-0.39, 0.29) is 0 Å². The minimum absolute atomic E-state index is 0.340. The predicted molar refractivity (Wildman–Crippen MR) is 33.8 cm³/mol. The van der Waals surface area contributed by atoms with E-state index in [1.165, 1.54) is 0 Å². The summed E-state index contributed by atoms with van der Waals surface area (Å²) in [6, 6.07) is 0. The first-order valence-electron chi connectivity index (χ1n) is 3.04. The van der Waals surface area contributed by atoms with Gasteiger partial charge in [0.15, 0.2) is 0 Å². The van der Waals surface area contributed by atoms with Crippen LogP contribution in [0.2, 0.25) is 0 Å². The van der Waals surface area contributed by atoms with E-state index in [0.29, 0.717) is 6.61 Å². The van der Waals surface area contributed by atoms with Crippen molar-refractivity contribution in [1.29, 1.82) is 0 Å². The summed E-state index contributed by atoms with van der Waals surface area (Å²) in [7, 11) is -2.62. The van der Waals surface area contributed by atoms with Crippen molar-refractivity contribution < 1.29 is 13.7 Å². The Morgan fingerprint density at radius 1 is 1.33 bits per heavy atom. The molecule has 0 spiro atoms. The quantitative estimate of drug-likeness (QED) is 0.446. The minimum Gasteiger partial charge on any atom is -0.271 e. The highest BCUT2D eigenvalue weighted by Crippen LogP contribution is 2.06. The van der Waals surface area contributed by atoms with Crippen LogP contribution in [0.3, 0.4) is 0 Å². The largest absolute Gasteiger partial charge is 0.468 e. The topological polar surface area (TPSA) is 43.4 Å². The van der Waals surface area contributed by atoms with E-state index in [1.54, 1.807) is 0 Å². The fourth-order valence-corrected chi connectivity index (χ4v) is 0.769. The third-order valence-corrected chi connectivity index (χ3v) is 1.34. The van der Waals surface area contributed by atoms with Gasteiger partial charge in [0.05, 0.1) is 6.61 Å². The monoisotopic (exact) mass is 150 g/mol. The van der Waals surface area contributed by atoms with Gasteiger partial charge in [-0.05, 0) is 6.42 Å². The second-order valence-corrected chi connectivity index (χ2v) is 2.47. The molecule has 0 heterocycles. The summed E-state index contributed by atoms with van der Waals surface area (Å²) in [4.78, 5) is 0. The van der Waals surface area contributed by atoms with Crippen molar-refractivity contribution in [3.05, 3.63) is 0 Å². The molecule has 0 aliphatic rings. The lowest BCUT2D eigenvalue weighted by atomic mass is 10.3. The molecule has 0 aromatic carbocycles. The molecule has 3 nitrogen and oxygen atoms in total. The summed E-state index contributed by atoms with van der Waals surface area (Å²) in [5.41, 5.74) is 0. The maximum atomic E-state index is 9.78. The van der Waals surface area contributed by atoms with Gasteiger partial charge in [0, 0.05) is 0 Å². The predicted octanol–water partition coefficient (Wildman–Crippen LogP) is 2.28. The van der Waals surface area contributed by atoms with Gasteiger partial charge in [0.1, 0.15) is 0 Å². The van der Waals surface area contributed by atoms with Gasteiger partial charge in [-0.25, -0.2) is 9.13 Å². The van der Waals surface area contributed by atoms with E-state index >= 15 is 0 Å². The number of hydrogen-bond acceptors (Lipinski definition) is 3. The Kier molecular flexibility index (Phi) is 5.89. The summed E-state index contributed by atoms with van der Waals surface area (Å²) < 4.78 is 23.9. The zero-order valence-electron chi connectivity index (χ0n) is 5.50. The molecule has 0 N–H and O–H groups in total. The molecule has 0 radical (unpaired) electrons. The average Bonchev–Trinajstić information content (AvgIpc) is 1.80. The van der Waals surface area contributed by atoms with Crippen molar-refractivity contribution in [2.24, 2.45) is 0 Å². The van der Waals surface area contributed by atoms with E-state index in [0.717, 1.165) is 19.3 Å². The zero-order chi connectivity index (χ0) is 7.11. The van der Waals surface area contributed by atoms with Gasteiger partial charge in [0.25, 0.3) is 0 Å². The fraction of sp³-hybridized carbons (Fsp3) is 1.00. The first-order chi connectivity index (χ1) is 4.27. The lowest BCUT2D eigenvalue weighted by molar-refractivity contribution is 0.295. The normalized spacial score (nSPS) is 9.44. The third kappa shape index (κ3) is 7.86. The molecule has 0 aromatic rings. The molecule has 0 unspecified atom stereocenters. The zero-order valence-corrected chi connectivity index (χ0v) is 6.39. The van der Waals surface area contributed by atoms with E-state index in [2.05, 4.69) is 11.4 Å². The molecule has 4 heteroatoms. The maximum Gasteiger partial charge on any atom is 0.468 e. The van der Waals surface area contributed by atoms with Gasteiger partial charge in [0.2, 0.25) is 0 Å². The molecule has 0 saturated heterocycles. The summed E-state index contributed by atoms with van der Waals surface area (Å²) in [5, 5.41) is 0. The van der Waals surface area contributed by atoms with E-state index in [1.807, 2.05) is 0 Å². The van der Waals surface area contributed by atoms with Crippen LogP contribution in [-0.2, 0) is 13.7 Å². The molecule has 9 heavy (non-hydrogen) atoms. The van der Waals surface area contributed by atoms with Crippen LogP contribution in [0, 0.1) is 0 Å². The molecule has 0 bridgehead atoms. The van der Waals surface area contributed by atoms with Crippen LogP contribution in [0.4, 0.5) is 0 Å². The lowest BCUT2D eigenvalue weighted by Gasteiger charge is -1.91. The Morgan fingerprint density at radius 2 is 2.00 bits per heavy atom. The highest BCUT2D eigenvalue weighted by molar-refractivity contribution is 7.24. The first kappa shape index (κ1) is 8.86. The third-order valence-electron chi connectivity index (χ3n) is 0.945. The fourth-order valence-electron chi connectivity index (χ4n) is 0.491. The molecule has 0 amide bonds. The number of rotatable bonds is 5. The van der Waals surface area contributed by atoms with Gasteiger partial charge in [-0.1, -0.05) is 19.8 Å².